The number of nitrogens with one attached hydrogen (secondary N) is 13. The molecule has 748 valence electrons. The largest absolute Gasteiger partial charge is 0.508 e. The van der Waals surface area contributed by atoms with E-state index in [1.807, 2.05) is 13.0 Å². The smallest absolute Gasteiger partial charge is 0.326 e. The van der Waals surface area contributed by atoms with Gasteiger partial charge in [0.2, 0.25) is 70.9 Å². The van der Waals surface area contributed by atoms with Gasteiger partial charge < -0.3 is 124 Å². The number of aromatic nitrogens is 1. The van der Waals surface area contributed by atoms with Crippen molar-refractivity contribution in [2.45, 2.75) is 248 Å². The molecule has 136 heavy (non-hydrogen) atoms. The van der Waals surface area contributed by atoms with E-state index in [-0.39, 0.29) is 148 Å². The number of fused-ring (bicyclic) bond motifs is 1. The number of rotatable bonds is 73. The minimum atomic E-state index is -1.83. The molecule has 0 bridgehead atoms. The molecule has 5 aromatic rings. The molecule has 0 aliphatic heterocycles. The molecule has 1 aromatic heterocycles. The summed E-state index contributed by atoms with van der Waals surface area (Å²) in [5, 5.41) is 80.0. The molecule has 0 saturated heterocycles. The van der Waals surface area contributed by atoms with Crippen molar-refractivity contribution in [1.82, 2.24) is 68.4 Å². The van der Waals surface area contributed by atoms with Gasteiger partial charge in [-0.15, -0.1) is 0 Å². The Morgan fingerprint density at radius 2 is 0.897 bits per heavy atom. The highest BCUT2D eigenvalue weighted by atomic mass is 16.5. The number of aromatic amines is 1. The van der Waals surface area contributed by atoms with Gasteiger partial charge >= 0.3 is 29.9 Å². The number of H-pyrrole nitrogens is 1. The Bertz CT molecular complexity index is 4620. The van der Waals surface area contributed by atoms with Gasteiger partial charge in [0.1, 0.15) is 67.3 Å². The van der Waals surface area contributed by atoms with Crippen molar-refractivity contribution >= 4 is 117 Å². The van der Waals surface area contributed by atoms with Gasteiger partial charge in [-0.05, 0) is 98.4 Å². The Hall–Kier alpha value is -13.2. The number of para-hydroxylation sites is 2. The van der Waals surface area contributed by atoms with Crippen LogP contribution in [-0.4, -0.2) is 271 Å². The number of aromatic hydroxyl groups is 1. The van der Waals surface area contributed by atoms with Crippen molar-refractivity contribution < 1.29 is 126 Å². The van der Waals surface area contributed by atoms with Crippen LogP contribution in [0.2, 0.25) is 0 Å². The van der Waals surface area contributed by atoms with Gasteiger partial charge in [0, 0.05) is 88.0 Å². The molecule has 0 unspecified atom stereocenters. The zero-order valence-corrected chi connectivity index (χ0v) is 77.8. The molecule has 41 heteroatoms. The molecule has 5 rings (SSSR count). The summed E-state index contributed by atoms with van der Waals surface area (Å²) in [5.41, 5.74) is 9.27. The van der Waals surface area contributed by atoms with Gasteiger partial charge in [-0.25, -0.2) is 9.59 Å². The van der Waals surface area contributed by atoms with E-state index in [0.29, 0.717) is 52.5 Å². The Kier molecular flexibility index (Phi) is 54.6. The van der Waals surface area contributed by atoms with Crippen molar-refractivity contribution in [3.63, 3.8) is 0 Å². The maximum absolute atomic E-state index is 15.0. The number of carbonyl (C=O) groups excluding carboxylic acids is 13. The van der Waals surface area contributed by atoms with Crippen LogP contribution >= 0.6 is 0 Å². The highest BCUT2D eigenvalue weighted by molar-refractivity contribution is 5.99. The fraction of sp³-hybridized carbons (Fsp3) is 0.547. The number of amides is 14. The van der Waals surface area contributed by atoms with Crippen molar-refractivity contribution in [3.05, 3.63) is 132 Å². The van der Waals surface area contributed by atoms with E-state index in [1.165, 1.54) is 57.0 Å². The van der Waals surface area contributed by atoms with Crippen LogP contribution < -0.4 is 69.5 Å². The molecule has 0 aliphatic rings. The van der Waals surface area contributed by atoms with E-state index < -0.39 is 169 Å². The normalized spacial score (nSPS) is 12.8. The zero-order chi connectivity index (χ0) is 99.4. The van der Waals surface area contributed by atoms with Gasteiger partial charge in [0.15, 0.2) is 0 Å². The first kappa shape index (κ1) is 113. The second-order valence-corrected chi connectivity index (χ2v) is 33.1. The number of unbranched alkanes of at least 4 members (excludes halogenated alkanes) is 15. The summed E-state index contributed by atoms with van der Waals surface area (Å²) in [6.45, 7) is 1.97. The van der Waals surface area contributed by atoms with E-state index in [4.69, 9.17) is 29.8 Å². The number of anilines is 1. The quantitative estimate of drug-likeness (QED) is 0.0235. The number of aliphatic carboxylic acids is 4. The lowest BCUT2D eigenvalue weighted by molar-refractivity contribution is -0.146. The minimum Gasteiger partial charge on any atom is -0.508 e. The number of urea groups is 1. The Morgan fingerprint density at radius 1 is 0.404 bits per heavy atom. The summed E-state index contributed by atoms with van der Waals surface area (Å²) in [4.78, 5) is 229. The molecule has 1 heterocycles. The number of primary amides is 1. The van der Waals surface area contributed by atoms with Crippen LogP contribution in [-0.2, 0) is 115 Å². The number of carbonyl (C=O) groups is 17. The Labute approximate surface area is 791 Å². The molecule has 20 N–H and O–H groups in total. The topological polar surface area (TPSA) is 618 Å². The number of ether oxygens (including phenoxy) is 4. The van der Waals surface area contributed by atoms with Crippen LogP contribution in [0.3, 0.4) is 0 Å². The first-order chi connectivity index (χ1) is 65.3. The van der Waals surface area contributed by atoms with Gasteiger partial charge in [0.05, 0.1) is 59.0 Å². The number of aryl methyl sites for hydroxylation is 1. The summed E-state index contributed by atoms with van der Waals surface area (Å²) in [5.74, 6) is -15.4. The fourth-order valence-corrected chi connectivity index (χ4v) is 14.5. The fourth-order valence-electron chi connectivity index (χ4n) is 14.5. The summed E-state index contributed by atoms with van der Waals surface area (Å²) < 4.78 is 21.7. The van der Waals surface area contributed by atoms with Crippen LogP contribution in [0.4, 0.5) is 10.5 Å². The van der Waals surface area contributed by atoms with Crippen molar-refractivity contribution in [2.24, 2.45) is 5.73 Å². The summed E-state index contributed by atoms with van der Waals surface area (Å²) >= 11 is 0. The van der Waals surface area contributed by atoms with E-state index >= 15 is 0 Å². The van der Waals surface area contributed by atoms with E-state index in [0.717, 1.165) is 68.3 Å². The van der Waals surface area contributed by atoms with E-state index in [9.17, 15) is 102 Å². The highest BCUT2D eigenvalue weighted by Gasteiger charge is 2.37. The maximum Gasteiger partial charge on any atom is 0.326 e. The Morgan fingerprint density at radius 3 is 1.49 bits per heavy atom. The number of hydrogen-bond donors (Lipinski definition) is 19. The van der Waals surface area contributed by atoms with Crippen LogP contribution in [0.15, 0.2) is 109 Å². The number of hydrogen-bond acceptors (Lipinski definition) is 22. The third-order valence-corrected chi connectivity index (χ3v) is 22.0. The highest BCUT2D eigenvalue weighted by Crippen LogP contribution is 2.22. The summed E-state index contributed by atoms with van der Waals surface area (Å²) in [7, 11) is 1.23. The van der Waals surface area contributed by atoms with Crippen LogP contribution in [0, 0.1) is 6.92 Å². The van der Waals surface area contributed by atoms with Crippen molar-refractivity contribution in [1.29, 1.82) is 0 Å². The lowest BCUT2D eigenvalue weighted by atomic mass is 10.0. The van der Waals surface area contributed by atoms with Crippen molar-refractivity contribution in [3.8, 4) is 5.75 Å². The minimum absolute atomic E-state index is 0.0102. The first-order valence-electron chi connectivity index (χ1n) is 46.4. The number of phenolic OH excluding ortho intramolecular Hbond substituents is 1. The predicted molar refractivity (Wildman–Crippen MR) is 500 cm³/mol. The molecule has 0 saturated carbocycles. The Balaban J connectivity index is 1.09. The van der Waals surface area contributed by atoms with E-state index in [2.05, 4.69) is 68.8 Å². The number of nitrogens with two attached hydrogens (primary N) is 1. The standard InChI is InChI=1S/C95H137N15O26/c1-4-5-33-71(88(124)101-60-81(114)103-75(56-66-59-100-70-35-26-24-32-68(66)70)91(127)106-72(36-27-28-45-99-95(132)109-69-34-25-23-29-63(69)2)89(125)108-77(58-86(121)122)93(129)110(3)78(87(96)123)55-64-30-19-18-20-31-64)105-90(126)74(54-65-39-41-67(111)42-40-65)107-92(128)76(57-85(119)120)104-83(116)62-136-53-51-134-49-47-98-82(115)61-135-52-50-133-48-46-97-79(112)44-43-73(94(130)131)102-80(113)37-21-16-14-12-10-8-6-7-9-11-13-15-17-22-38-84(117)118/h18-20,23-26,29-32,34-35,39-42,59,71-78,100,111H,4-17,21-22,27-28,33,36-38,43-58,60-62H2,1-3H3,(H2,96,123)(H,97,112)(H,98,115)(H,101,124)(H,102,113)(H,103,114)(H,104,116)(H,105,126)(H,106,127)(H,107,128)(H,108,125)(H,117,118)(H,119,120)(H,121,122)(H,130,131)(H2,99,109,132)/t71-,72-,73-,74-,75-,76-,77-,78-/m0/s1. The second kappa shape index (κ2) is 65.5. The van der Waals surface area contributed by atoms with Gasteiger partial charge in [-0.3, -0.25) is 71.9 Å². The van der Waals surface area contributed by atoms with Gasteiger partial charge in [0.25, 0.3) is 0 Å². The number of carboxylic acids is 4. The SMILES string of the molecule is CCCC[C@H](NC(=O)[C@H](Cc1ccc(O)cc1)NC(=O)[C@H](CC(=O)O)NC(=O)COCCOCCNC(=O)COCCOCCNC(=O)CC[C@H](NC(=O)CCCCCCCCCCCCCCCCC(=O)O)C(=O)O)C(=O)NCC(=O)N[C@@H](Cc1c[nH]c2ccccc12)C(=O)N[C@@H](CCCCNC(=O)Nc1ccccc1C)C(=O)N[C@@H](CC(=O)O)C(=O)N(C)[C@@H](Cc1ccccc1)C(N)=O. The van der Waals surface area contributed by atoms with Crippen LogP contribution in [0.5, 0.6) is 5.75 Å². The average molecular weight is 1910 g/mol. The molecular weight excluding hydrogens is 1770 g/mol. The molecular formula is C95H137N15O26. The lowest BCUT2D eigenvalue weighted by Gasteiger charge is -2.30. The third kappa shape index (κ3) is 47.7. The van der Waals surface area contributed by atoms with Gasteiger partial charge in [-0.2, -0.15) is 0 Å². The number of carboxylic acid groups (broad SMARTS) is 4. The van der Waals surface area contributed by atoms with Crippen LogP contribution in [0.25, 0.3) is 10.9 Å². The monoisotopic (exact) mass is 1900 g/mol. The second-order valence-electron chi connectivity index (χ2n) is 33.1. The molecule has 8 atom stereocenters. The predicted octanol–water partition coefficient (Wildman–Crippen LogP) is 4.65. The third-order valence-electron chi connectivity index (χ3n) is 22.0. The molecule has 0 fully saturated rings. The molecule has 14 amide bonds. The van der Waals surface area contributed by atoms with Crippen molar-refractivity contribution in [2.75, 3.05) is 91.4 Å². The molecule has 4 aromatic carbocycles. The number of phenols is 1. The zero-order valence-electron chi connectivity index (χ0n) is 77.8. The summed E-state index contributed by atoms with van der Waals surface area (Å²) in [6, 6.07) is 15.2. The van der Waals surface area contributed by atoms with Gasteiger partial charge in [-0.1, -0.05) is 176 Å². The first-order valence-corrected chi connectivity index (χ1v) is 46.4. The van der Waals surface area contributed by atoms with E-state index in [1.54, 1.807) is 85.9 Å². The number of nitrogens with zero attached hydrogens (tertiary/aromatic N) is 1. The van der Waals surface area contributed by atoms with Crippen LogP contribution in [0.1, 0.15) is 196 Å². The summed E-state index contributed by atoms with van der Waals surface area (Å²) in [6.07, 6.45) is 14.6. The average Bonchev–Trinajstić information content (AvgIpc) is 1.61. The molecule has 0 aliphatic carbocycles. The lowest BCUT2D eigenvalue weighted by Crippen LogP contribution is -2.59. The number of benzene rings is 4. The molecule has 41 nitrogen and oxygen atoms in total. The molecule has 0 radical (unpaired) electrons. The number of likely N-dealkylation sites (N-methyl/N-ethyl adjacent to an activating group) is 1. The molecule has 0 spiro atoms. The maximum atomic E-state index is 15.0.